The molecule has 0 aliphatic rings. The van der Waals surface area contributed by atoms with Gasteiger partial charge < -0.3 is 20.1 Å². The third-order valence-electron chi connectivity index (χ3n) is 6.80. The Bertz CT molecular complexity index is 1760. The van der Waals surface area contributed by atoms with Gasteiger partial charge in [0.05, 0.1) is 11.1 Å². The van der Waals surface area contributed by atoms with Gasteiger partial charge in [-0.3, -0.25) is 9.20 Å². The molecule has 3 aromatic heterocycles. The summed E-state index contributed by atoms with van der Waals surface area (Å²) in [5.41, 5.74) is 3.48. The van der Waals surface area contributed by atoms with E-state index in [-0.39, 0.29) is 11.7 Å². The molecular formula is C31H34FN5O3. The molecule has 3 N–H and O–H groups in total. The van der Waals surface area contributed by atoms with Crippen LogP contribution in [0.15, 0.2) is 42.6 Å². The average Bonchev–Trinajstić information content (AvgIpc) is 3.43. The smallest absolute Gasteiger partial charge is 0.268 e. The maximum atomic E-state index is 14.0. The molecule has 5 aromatic rings. The first-order valence-corrected chi connectivity index (χ1v) is 13.1. The predicted molar refractivity (Wildman–Crippen MR) is 153 cm³/mol. The summed E-state index contributed by atoms with van der Waals surface area (Å²) in [6.07, 6.45) is 1.91. The van der Waals surface area contributed by atoms with Gasteiger partial charge in [-0.2, -0.15) is 0 Å². The van der Waals surface area contributed by atoms with E-state index in [9.17, 15) is 14.3 Å². The van der Waals surface area contributed by atoms with Crippen molar-refractivity contribution in [1.29, 1.82) is 0 Å². The second-order valence-electron chi connectivity index (χ2n) is 11.9. The van der Waals surface area contributed by atoms with Crippen LogP contribution in [-0.2, 0) is 5.60 Å². The number of nitrogens with one attached hydrogen (secondary N) is 2. The van der Waals surface area contributed by atoms with Gasteiger partial charge in [-0.1, -0.05) is 6.07 Å². The van der Waals surface area contributed by atoms with E-state index in [0.717, 1.165) is 10.9 Å². The van der Waals surface area contributed by atoms with Crippen LogP contribution in [0, 0.1) is 26.6 Å². The Balaban J connectivity index is 1.79. The molecule has 1 amide bonds. The van der Waals surface area contributed by atoms with Crippen LogP contribution < -0.4 is 10.1 Å². The quantitative estimate of drug-likeness (QED) is 0.235. The topological polar surface area (TPSA) is 105 Å². The molecule has 0 spiro atoms. The highest BCUT2D eigenvalue weighted by atomic mass is 19.1. The number of aliphatic hydroxyl groups is 1. The molecule has 9 heteroatoms. The summed E-state index contributed by atoms with van der Waals surface area (Å²) in [6.45, 7) is 14.6. The van der Waals surface area contributed by atoms with Gasteiger partial charge in [-0.15, -0.1) is 10.2 Å². The molecular weight excluding hydrogens is 509 g/mol. The molecule has 208 valence electrons. The normalized spacial score (nSPS) is 12.3. The molecule has 0 aliphatic carbocycles. The lowest BCUT2D eigenvalue weighted by molar-refractivity contribution is 0.0786. The van der Waals surface area contributed by atoms with E-state index in [4.69, 9.17) is 4.74 Å². The predicted octanol–water partition coefficient (Wildman–Crippen LogP) is 6.49. The van der Waals surface area contributed by atoms with Crippen molar-refractivity contribution in [3.8, 4) is 22.6 Å². The molecule has 0 atom stereocenters. The summed E-state index contributed by atoms with van der Waals surface area (Å²) < 4.78 is 22.4. The van der Waals surface area contributed by atoms with Gasteiger partial charge in [-0.25, -0.2) is 4.39 Å². The minimum atomic E-state index is -1.12. The minimum absolute atomic E-state index is 0.247. The number of nitrogens with zero attached hydrogens (tertiary/aromatic N) is 3. The summed E-state index contributed by atoms with van der Waals surface area (Å²) in [4.78, 5) is 16.4. The number of rotatable bonds is 5. The Hall–Kier alpha value is -4.24. The number of benzene rings is 2. The molecule has 40 heavy (non-hydrogen) atoms. The van der Waals surface area contributed by atoms with Crippen molar-refractivity contribution >= 4 is 22.5 Å². The van der Waals surface area contributed by atoms with Crippen molar-refractivity contribution in [2.45, 2.75) is 66.5 Å². The van der Waals surface area contributed by atoms with Crippen molar-refractivity contribution in [2.75, 3.05) is 0 Å². The molecule has 0 radical (unpaired) electrons. The summed E-state index contributed by atoms with van der Waals surface area (Å²) in [7, 11) is 0. The molecule has 0 saturated carbocycles. The zero-order valence-electron chi connectivity index (χ0n) is 24.0. The van der Waals surface area contributed by atoms with E-state index >= 15 is 0 Å². The van der Waals surface area contributed by atoms with Crippen LogP contribution in [0.4, 0.5) is 4.39 Å². The number of hydrogen-bond acceptors (Lipinski definition) is 5. The van der Waals surface area contributed by atoms with Crippen LogP contribution in [0.2, 0.25) is 0 Å². The largest absolute Gasteiger partial charge is 0.456 e. The third kappa shape index (κ3) is 5.04. The highest BCUT2D eigenvalue weighted by Gasteiger charge is 2.24. The van der Waals surface area contributed by atoms with E-state index in [1.165, 1.54) is 12.1 Å². The maximum Gasteiger partial charge on any atom is 0.268 e. The highest BCUT2D eigenvalue weighted by Crippen LogP contribution is 2.42. The Morgan fingerprint density at radius 3 is 2.30 bits per heavy atom. The van der Waals surface area contributed by atoms with Gasteiger partial charge >= 0.3 is 0 Å². The first-order valence-electron chi connectivity index (χ1n) is 13.1. The van der Waals surface area contributed by atoms with Crippen LogP contribution in [0.3, 0.4) is 0 Å². The molecule has 2 aromatic carbocycles. The SMILES string of the molecule is Cc1cc(F)cc(C)c1Oc1ccc(C(C)(C)O)cc1-c1cn2c(C)nnc2c2[nH]c(C(=O)NC(C)(C)C)cc12. The van der Waals surface area contributed by atoms with Gasteiger partial charge in [0, 0.05) is 28.2 Å². The number of amides is 1. The third-order valence-corrected chi connectivity index (χ3v) is 6.80. The molecule has 0 unspecified atom stereocenters. The van der Waals surface area contributed by atoms with Gasteiger partial charge in [0.25, 0.3) is 5.91 Å². The van der Waals surface area contributed by atoms with Gasteiger partial charge in [-0.05, 0) is 102 Å². The van der Waals surface area contributed by atoms with E-state index < -0.39 is 11.1 Å². The number of pyridine rings is 1. The lowest BCUT2D eigenvalue weighted by atomic mass is 9.93. The van der Waals surface area contributed by atoms with Crippen LogP contribution in [-0.4, -0.2) is 36.1 Å². The molecule has 5 rings (SSSR count). The number of aromatic amines is 1. The Kier molecular flexibility index (Phi) is 6.45. The molecule has 3 heterocycles. The fourth-order valence-corrected chi connectivity index (χ4v) is 4.86. The number of carbonyl (C=O) groups excluding carboxylic acids is 1. The van der Waals surface area contributed by atoms with Crippen LogP contribution in [0.1, 0.15) is 67.6 Å². The van der Waals surface area contributed by atoms with Gasteiger partial charge in [0.2, 0.25) is 0 Å². The zero-order chi connectivity index (χ0) is 29.1. The number of carbonyl (C=O) groups is 1. The van der Waals surface area contributed by atoms with Crippen LogP contribution in [0.5, 0.6) is 11.5 Å². The van der Waals surface area contributed by atoms with Crippen molar-refractivity contribution in [2.24, 2.45) is 0 Å². The monoisotopic (exact) mass is 543 g/mol. The van der Waals surface area contributed by atoms with Crippen molar-refractivity contribution in [3.05, 3.63) is 76.6 Å². The Morgan fingerprint density at radius 2 is 1.68 bits per heavy atom. The number of hydrogen-bond donors (Lipinski definition) is 3. The summed E-state index contributed by atoms with van der Waals surface area (Å²) in [5.74, 6) is 1.15. The van der Waals surface area contributed by atoms with E-state index in [1.54, 1.807) is 39.8 Å². The van der Waals surface area contributed by atoms with Crippen molar-refractivity contribution in [3.63, 3.8) is 0 Å². The van der Waals surface area contributed by atoms with Crippen LogP contribution in [0.25, 0.3) is 27.7 Å². The molecule has 0 aliphatic heterocycles. The molecule has 0 fully saturated rings. The van der Waals surface area contributed by atoms with Gasteiger partial charge in [0.15, 0.2) is 5.65 Å². The number of fused-ring (bicyclic) bond motifs is 3. The van der Waals surface area contributed by atoms with Crippen LogP contribution >= 0.6 is 0 Å². The van der Waals surface area contributed by atoms with Gasteiger partial charge in [0.1, 0.15) is 28.8 Å². The zero-order valence-corrected chi connectivity index (χ0v) is 24.0. The lowest BCUT2D eigenvalue weighted by Crippen LogP contribution is -2.40. The van der Waals surface area contributed by atoms with E-state index in [1.807, 2.05) is 50.4 Å². The minimum Gasteiger partial charge on any atom is -0.456 e. The summed E-state index contributed by atoms with van der Waals surface area (Å²) in [6, 6.07) is 10.2. The highest BCUT2D eigenvalue weighted by molar-refractivity contribution is 6.07. The number of ether oxygens (including phenoxy) is 1. The standard InChI is InChI=1S/C31H34FN5O3/c1-16-11-20(32)12-17(2)27(16)40-25-10-9-19(31(7,8)39)13-21(25)23-15-37-18(3)35-36-28(37)26-22(23)14-24(33-26)29(38)34-30(4,5)6/h9-15,33,39H,1-8H3,(H,34,38). The second-order valence-corrected chi connectivity index (χ2v) is 11.9. The molecule has 0 bridgehead atoms. The molecule has 0 saturated heterocycles. The Labute approximate surface area is 232 Å². The number of aromatic nitrogens is 4. The first kappa shape index (κ1) is 27.3. The summed E-state index contributed by atoms with van der Waals surface area (Å²) >= 11 is 0. The summed E-state index contributed by atoms with van der Waals surface area (Å²) in [5, 5.41) is 23.2. The number of halogens is 1. The average molecular weight is 544 g/mol. The van der Waals surface area contributed by atoms with E-state index in [0.29, 0.717) is 56.4 Å². The number of aryl methyl sites for hydroxylation is 3. The van der Waals surface area contributed by atoms with Crippen molar-refractivity contribution < 1.29 is 19.0 Å². The first-order chi connectivity index (χ1) is 18.6. The second kappa shape index (κ2) is 9.45. The number of H-pyrrole nitrogens is 1. The van der Waals surface area contributed by atoms with Crippen molar-refractivity contribution in [1.82, 2.24) is 24.9 Å². The molecule has 8 nitrogen and oxygen atoms in total. The van der Waals surface area contributed by atoms with E-state index in [2.05, 4.69) is 20.5 Å². The fourth-order valence-electron chi connectivity index (χ4n) is 4.86. The lowest BCUT2D eigenvalue weighted by Gasteiger charge is -2.22. The Morgan fingerprint density at radius 1 is 1.00 bits per heavy atom. The fraction of sp³-hybridized carbons (Fsp3) is 0.323. The maximum absolute atomic E-state index is 14.0.